The zero-order valence-electron chi connectivity index (χ0n) is 48.7. The minimum Gasteiger partial charge on any atom is -0.756 e. The number of carbonyl (C=O) groups excluding carboxylic acids is 1. The van der Waals surface area contributed by atoms with Crippen LogP contribution in [0.4, 0.5) is 0 Å². The molecule has 1 amide bonds. The Bertz CT molecular complexity index is 1120. The average Bonchev–Trinajstić information content (AvgIpc) is 3.33. The second-order valence-corrected chi connectivity index (χ2v) is 24.9. The van der Waals surface area contributed by atoms with E-state index in [0.717, 1.165) is 38.5 Å². The van der Waals surface area contributed by atoms with Crippen molar-refractivity contribution in [1.29, 1.82) is 0 Å². The highest BCUT2D eigenvalue weighted by atomic mass is 31.2. The van der Waals surface area contributed by atoms with E-state index in [1.54, 1.807) is 0 Å². The van der Waals surface area contributed by atoms with Crippen molar-refractivity contribution in [3.05, 3.63) is 0 Å². The molecule has 3 unspecified atom stereocenters. The summed E-state index contributed by atoms with van der Waals surface area (Å²) in [5, 5.41) is 14.1. The molecule has 0 spiro atoms. The number of nitrogens with zero attached hydrogens (tertiary/aromatic N) is 1. The van der Waals surface area contributed by atoms with Crippen LogP contribution in [0.15, 0.2) is 0 Å². The van der Waals surface area contributed by atoms with Crippen molar-refractivity contribution >= 4 is 13.7 Å². The maximum Gasteiger partial charge on any atom is 0.268 e. The molecule has 0 aliphatic rings. The van der Waals surface area contributed by atoms with Crippen LogP contribution >= 0.6 is 7.82 Å². The second-order valence-electron chi connectivity index (χ2n) is 23.5. The molecule has 9 heteroatoms. The highest BCUT2D eigenvalue weighted by Crippen LogP contribution is 2.38. The van der Waals surface area contributed by atoms with Crippen molar-refractivity contribution in [3.8, 4) is 0 Å². The van der Waals surface area contributed by atoms with Gasteiger partial charge in [0, 0.05) is 6.42 Å². The first kappa shape index (κ1) is 70.5. The van der Waals surface area contributed by atoms with E-state index in [9.17, 15) is 19.4 Å². The van der Waals surface area contributed by atoms with Gasteiger partial charge in [0.1, 0.15) is 13.2 Å². The van der Waals surface area contributed by atoms with Crippen molar-refractivity contribution in [2.24, 2.45) is 0 Å². The third kappa shape index (κ3) is 57.1. The number of quaternary nitrogens is 1. The molecule has 426 valence electrons. The predicted octanol–water partition coefficient (Wildman–Crippen LogP) is 19.0. The van der Waals surface area contributed by atoms with Gasteiger partial charge in [-0.15, -0.1) is 0 Å². The minimum absolute atomic E-state index is 0.0168. The molecule has 0 rings (SSSR count). The smallest absolute Gasteiger partial charge is 0.268 e. The Morgan fingerprint density at radius 1 is 0.437 bits per heavy atom. The summed E-state index contributed by atoms with van der Waals surface area (Å²) in [6, 6.07) is -0.795. The fourth-order valence-corrected chi connectivity index (χ4v) is 10.8. The van der Waals surface area contributed by atoms with E-state index in [4.69, 9.17) is 9.05 Å². The molecular formula is C62H127N2O6P. The van der Waals surface area contributed by atoms with Gasteiger partial charge in [0.05, 0.1) is 39.9 Å². The summed E-state index contributed by atoms with van der Waals surface area (Å²) >= 11 is 0. The van der Waals surface area contributed by atoms with Crippen molar-refractivity contribution in [3.63, 3.8) is 0 Å². The Hall–Kier alpha value is -0.500. The van der Waals surface area contributed by atoms with E-state index in [2.05, 4.69) is 19.2 Å². The van der Waals surface area contributed by atoms with Gasteiger partial charge >= 0.3 is 0 Å². The lowest BCUT2D eigenvalue weighted by atomic mass is 10.0. The maximum absolute atomic E-state index is 13.0. The molecule has 0 aliphatic heterocycles. The van der Waals surface area contributed by atoms with Gasteiger partial charge in [-0.3, -0.25) is 9.36 Å². The molecule has 71 heavy (non-hydrogen) atoms. The van der Waals surface area contributed by atoms with Crippen molar-refractivity contribution in [2.75, 3.05) is 40.9 Å². The second kappa shape index (κ2) is 54.3. The number of unbranched alkanes of at least 4 members (excludes halogenated alkanes) is 47. The number of carbonyl (C=O) groups is 1. The Labute approximate surface area is 444 Å². The zero-order valence-corrected chi connectivity index (χ0v) is 49.6. The Kier molecular flexibility index (Phi) is 53.9. The number of phosphoric acid groups is 1. The first-order valence-corrected chi connectivity index (χ1v) is 33.3. The van der Waals surface area contributed by atoms with E-state index < -0.39 is 20.0 Å². The first-order valence-electron chi connectivity index (χ1n) is 31.9. The highest BCUT2D eigenvalue weighted by molar-refractivity contribution is 7.45. The van der Waals surface area contributed by atoms with E-state index in [1.165, 1.54) is 276 Å². The van der Waals surface area contributed by atoms with Gasteiger partial charge in [0.15, 0.2) is 0 Å². The number of hydrogen-bond donors (Lipinski definition) is 2. The monoisotopic (exact) mass is 1030 g/mol. The van der Waals surface area contributed by atoms with Crippen molar-refractivity contribution < 1.29 is 32.9 Å². The number of phosphoric ester groups is 1. The lowest BCUT2D eigenvalue weighted by Crippen LogP contribution is -2.46. The van der Waals surface area contributed by atoms with Crippen LogP contribution in [0.1, 0.15) is 341 Å². The quantitative estimate of drug-likeness (QED) is 0.0357. The summed E-state index contributed by atoms with van der Waals surface area (Å²) in [5.74, 6) is -0.155. The van der Waals surface area contributed by atoms with Crippen LogP contribution in [0.3, 0.4) is 0 Å². The number of aliphatic hydroxyl groups is 1. The molecule has 0 fully saturated rings. The molecule has 0 heterocycles. The van der Waals surface area contributed by atoms with Crippen LogP contribution < -0.4 is 10.2 Å². The number of rotatable bonds is 60. The molecule has 0 saturated carbocycles. The maximum atomic E-state index is 13.0. The number of hydrogen-bond acceptors (Lipinski definition) is 6. The summed E-state index contributed by atoms with van der Waals surface area (Å²) in [6.07, 6.45) is 65.9. The van der Waals surface area contributed by atoms with Crippen molar-refractivity contribution in [2.45, 2.75) is 353 Å². The van der Waals surface area contributed by atoms with E-state index >= 15 is 0 Å². The van der Waals surface area contributed by atoms with Crippen molar-refractivity contribution in [1.82, 2.24) is 5.32 Å². The van der Waals surface area contributed by atoms with Gasteiger partial charge in [-0.2, -0.15) is 0 Å². The normalized spacial score (nSPS) is 13.7. The molecule has 0 aromatic rings. The van der Waals surface area contributed by atoms with E-state index in [1.807, 2.05) is 21.1 Å². The van der Waals surface area contributed by atoms with Gasteiger partial charge in [0.2, 0.25) is 5.91 Å². The summed E-state index contributed by atoms with van der Waals surface area (Å²) in [6.45, 7) is 4.79. The molecule has 2 N–H and O–H groups in total. The van der Waals surface area contributed by atoms with Crippen LogP contribution in [-0.4, -0.2) is 68.5 Å². The molecule has 3 atom stereocenters. The fourth-order valence-electron chi connectivity index (χ4n) is 10.1. The van der Waals surface area contributed by atoms with Crippen LogP contribution in [0.5, 0.6) is 0 Å². The molecule has 0 radical (unpaired) electrons. The van der Waals surface area contributed by atoms with Gasteiger partial charge in [-0.25, -0.2) is 0 Å². The number of aliphatic hydroxyl groups excluding tert-OH is 1. The molecular weight excluding hydrogens is 900 g/mol. The molecule has 0 aromatic carbocycles. The molecule has 0 saturated heterocycles. The minimum atomic E-state index is -4.57. The summed E-state index contributed by atoms with van der Waals surface area (Å²) in [7, 11) is 1.33. The molecule has 8 nitrogen and oxygen atoms in total. The number of nitrogens with one attached hydrogen (secondary N) is 1. The van der Waals surface area contributed by atoms with Crippen LogP contribution in [0.2, 0.25) is 0 Å². The Balaban J connectivity index is 4.00. The topological polar surface area (TPSA) is 108 Å². The highest BCUT2D eigenvalue weighted by Gasteiger charge is 2.24. The first-order chi connectivity index (χ1) is 34.5. The van der Waals surface area contributed by atoms with E-state index in [0.29, 0.717) is 23.9 Å². The van der Waals surface area contributed by atoms with Gasteiger partial charge in [0.25, 0.3) is 7.82 Å². The van der Waals surface area contributed by atoms with Gasteiger partial charge in [-0.1, -0.05) is 322 Å². The summed E-state index contributed by atoms with van der Waals surface area (Å²) in [4.78, 5) is 25.6. The molecule has 0 bridgehead atoms. The standard InChI is InChI=1S/C62H127N2O6P/c1-6-8-10-12-14-16-18-20-22-24-26-27-28-29-30-31-32-33-34-35-36-38-40-42-44-46-48-50-52-54-56-62(66)63-60(59-70-71(67,68)69-58-57-64(3,4)5)61(65)55-53-51-49-47-45-43-41-39-37-25-23-21-19-17-15-13-11-9-7-2/h60-61,65H,6-59H2,1-5H3,(H-,63,66,67,68). The SMILES string of the molecule is CCCCCCCCCCCCCCCCCCCCCCCCCCCCCCCCC(=O)NC(COP(=O)([O-])OCC[N+](C)(C)C)C(O)CCCCCCCCCCCCCCCCCCCCC. The van der Waals surface area contributed by atoms with Crippen LogP contribution in [0.25, 0.3) is 0 Å². The van der Waals surface area contributed by atoms with Crippen LogP contribution in [0, 0.1) is 0 Å². The van der Waals surface area contributed by atoms with Crippen LogP contribution in [-0.2, 0) is 18.4 Å². The Morgan fingerprint density at radius 3 is 0.958 bits per heavy atom. The average molecular weight is 1030 g/mol. The zero-order chi connectivity index (χ0) is 52.0. The van der Waals surface area contributed by atoms with Gasteiger partial charge < -0.3 is 28.8 Å². The van der Waals surface area contributed by atoms with Gasteiger partial charge in [-0.05, 0) is 12.8 Å². The lowest BCUT2D eigenvalue weighted by molar-refractivity contribution is -0.870. The third-order valence-electron chi connectivity index (χ3n) is 15.1. The number of amides is 1. The largest absolute Gasteiger partial charge is 0.756 e. The molecule has 0 aromatic heterocycles. The fraction of sp³-hybridized carbons (Fsp3) is 0.984. The predicted molar refractivity (Wildman–Crippen MR) is 307 cm³/mol. The summed E-state index contributed by atoms with van der Waals surface area (Å²) in [5.41, 5.74) is 0. The molecule has 0 aliphatic carbocycles. The third-order valence-corrected chi connectivity index (χ3v) is 16.1. The summed E-state index contributed by atoms with van der Waals surface area (Å²) < 4.78 is 23.5. The van der Waals surface area contributed by atoms with E-state index in [-0.39, 0.29) is 19.1 Å². The number of likely N-dealkylation sites (N-methyl/N-ethyl adjacent to an activating group) is 1. The lowest BCUT2D eigenvalue weighted by Gasteiger charge is -2.30. The Morgan fingerprint density at radius 2 is 0.690 bits per heavy atom.